The average molecular weight is 315 g/mol. The van der Waals surface area contributed by atoms with Crippen molar-refractivity contribution in [3.63, 3.8) is 0 Å². The standard InChI is InChI=1S/C17H21N3O3/c21-13-15-17(14-5-2-1-3-6-14)20(11-12-23-15)16(22)7-10-19-9-4-8-18-19/h1-6,8-9,15,17,21H,7,10-13H2/t15-,17-/m1/s1. The van der Waals surface area contributed by atoms with Crippen molar-refractivity contribution in [1.29, 1.82) is 0 Å². The number of morpholine rings is 1. The quantitative estimate of drug-likeness (QED) is 0.901. The fourth-order valence-electron chi connectivity index (χ4n) is 3.00. The van der Waals surface area contributed by atoms with Crippen molar-refractivity contribution in [3.8, 4) is 0 Å². The van der Waals surface area contributed by atoms with E-state index in [0.29, 0.717) is 26.1 Å². The van der Waals surface area contributed by atoms with E-state index in [2.05, 4.69) is 5.10 Å². The summed E-state index contributed by atoms with van der Waals surface area (Å²) >= 11 is 0. The van der Waals surface area contributed by atoms with Gasteiger partial charge in [0, 0.05) is 31.9 Å². The highest BCUT2D eigenvalue weighted by Gasteiger charge is 2.35. The van der Waals surface area contributed by atoms with Crippen LogP contribution in [0.3, 0.4) is 0 Å². The lowest BCUT2D eigenvalue weighted by atomic mass is 9.98. The number of ether oxygens (including phenoxy) is 1. The molecule has 1 amide bonds. The maximum absolute atomic E-state index is 12.7. The number of carbonyl (C=O) groups excluding carboxylic acids is 1. The summed E-state index contributed by atoms with van der Waals surface area (Å²) in [5.74, 6) is 0.0519. The van der Waals surface area contributed by atoms with Gasteiger partial charge in [-0.2, -0.15) is 5.10 Å². The van der Waals surface area contributed by atoms with E-state index in [4.69, 9.17) is 4.74 Å². The van der Waals surface area contributed by atoms with Crippen molar-refractivity contribution >= 4 is 5.91 Å². The molecule has 2 aromatic rings. The zero-order valence-electron chi connectivity index (χ0n) is 12.9. The first-order valence-corrected chi connectivity index (χ1v) is 7.84. The highest BCUT2D eigenvalue weighted by Crippen LogP contribution is 2.30. The summed E-state index contributed by atoms with van der Waals surface area (Å²) < 4.78 is 7.41. The number of aliphatic hydroxyl groups excluding tert-OH is 1. The van der Waals surface area contributed by atoms with Crippen LogP contribution in [0.25, 0.3) is 0 Å². The van der Waals surface area contributed by atoms with Crippen molar-refractivity contribution in [3.05, 3.63) is 54.4 Å². The molecule has 2 atom stereocenters. The molecule has 2 heterocycles. The average Bonchev–Trinajstić information content (AvgIpc) is 3.13. The van der Waals surface area contributed by atoms with E-state index in [1.54, 1.807) is 10.9 Å². The summed E-state index contributed by atoms with van der Waals surface area (Å²) in [6.07, 6.45) is 3.54. The van der Waals surface area contributed by atoms with E-state index in [-0.39, 0.29) is 24.7 Å². The Kier molecular flexibility index (Phi) is 5.05. The summed E-state index contributed by atoms with van der Waals surface area (Å²) in [4.78, 5) is 14.5. The maximum Gasteiger partial charge on any atom is 0.225 e. The second-order valence-electron chi connectivity index (χ2n) is 5.55. The molecule has 1 aliphatic rings. The van der Waals surface area contributed by atoms with Gasteiger partial charge in [0.05, 0.1) is 19.3 Å². The smallest absolute Gasteiger partial charge is 0.225 e. The predicted octanol–water partition coefficient (Wildman–Crippen LogP) is 1.23. The fourth-order valence-corrected chi connectivity index (χ4v) is 3.00. The molecule has 0 aliphatic carbocycles. The molecule has 1 aromatic carbocycles. The normalized spacial score (nSPS) is 21.3. The van der Waals surface area contributed by atoms with Crippen LogP contribution in [-0.2, 0) is 16.1 Å². The van der Waals surface area contributed by atoms with Gasteiger partial charge >= 0.3 is 0 Å². The van der Waals surface area contributed by atoms with Gasteiger partial charge in [0.2, 0.25) is 5.91 Å². The molecule has 1 N–H and O–H groups in total. The largest absolute Gasteiger partial charge is 0.394 e. The first-order chi connectivity index (χ1) is 11.3. The van der Waals surface area contributed by atoms with Crippen molar-refractivity contribution in [2.45, 2.75) is 25.1 Å². The van der Waals surface area contributed by atoms with Crippen molar-refractivity contribution in [2.24, 2.45) is 0 Å². The maximum atomic E-state index is 12.7. The Morgan fingerprint density at radius 2 is 2.13 bits per heavy atom. The third-order valence-electron chi connectivity index (χ3n) is 4.11. The van der Waals surface area contributed by atoms with E-state index in [9.17, 15) is 9.90 Å². The Morgan fingerprint density at radius 1 is 1.30 bits per heavy atom. The number of nitrogens with zero attached hydrogens (tertiary/aromatic N) is 3. The Morgan fingerprint density at radius 3 is 2.83 bits per heavy atom. The third-order valence-corrected chi connectivity index (χ3v) is 4.11. The number of hydrogen-bond acceptors (Lipinski definition) is 4. The minimum atomic E-state index is -0.389. The highest BCUT2D eigenvalue weighted by atomic mass is 16.5. The van der Waals surface area contributed by atoms with Crippen molar-refractivity contribution < 1.29 is 14.6 Å². The molecule has 0 bridgehead atoms. The van der Waals surface area contributed by atoms with Gasteiger partial charge in [-0.05, 0) is 11.6 Å². The van der Waals surface area contributed by atoms with E-state index in [0.717, 1.165) is 5.56 Å². The van der Waals surface area contributed by atoms with Gasteiger partial charge in [0.1, 0.15) is 6.10 Å². The zero-order chi connectivity index (χ0) is 16.1. The molecule has 1 fully saturated rings. The van der Waals surface area contributed by atoms with Crippen molar-refractivity contribution in [1.82, 2.24) is 14.7 Å². The lowest BCUT2D eigenvalue weighted by Crippen LogP contribution is -2.49. The number of aliphatic hydroxyl groups is 1. The molecule has 0 saturated carbocycles. The summed E-state index contributed by atoms with van der Waals surface area (Å²) in [6.45, 7) is 1.42. The molecule has 1 aliphatic heterocycles. The molecule has 0 radical (unpaired) electrons. The molecule has 122 valence electrons. The van der Waals surface area contributed by atoms with Crippen LogP contribution in [0, 0.1) is 0 Å². The van der Waals surface area contributed by atoms with Gasteiger partial charge in [0.15, 0.2) is 0 Å². The van der Waals surface area contributed by atoms with Crippen molar-refractivity contribution in [2.75, 3.05) is 19.8 Å². The molecule has 1 saturated heterocycles. The molecule has 3 rings (SSSR count). The SMILES string of the molecule is O=C(CCn1cccn1)N1CCO[C@H](CO)[C@H]1c1ccccc1. The molecule has 0 unspecified atom stereocenters. The number of rotatable bonds is 5. The number of carbonyl (C=O) groups is 1. The van der Waals surface area contributed by atoms with Crippen LogP contribution in [0.15, 0.2) is 48.8 Å². The third kappa shape index (κ3) is 3.60. The number of hydrogen-bond donors (Lipinski definition) is 1. The van der Waals surface area contributed by atoms with Gasteiger partial charge < -0.3 is 14.7 Å². The second-order valence-corrected chi connectivity index (χ2v) is 5.55. The summed E-state index contributed by atoms with van der Waals surface area (Å²) in [7, 11) is 0. The van der Waals surface area contributed by atoms with E-state index >= 15 is 0 Å². The Hall–Kier alpha value is -2.18. The van der Waals surface area contributed by atoms with Crippen LogP contribution in [-0.4, -0.2) is 51.6 Å². The Balaban J connectivity index is 1.75. The fraction of sp³-hybridized carbons (Fsp3) is 0.412. The van der Waals surface area contributed by atoms with Crippen LogP contribution >= 0.6 is 0 Å². The molecular formula is C17H21N3O3. The van der Waals surface area contributed by atoms with Crippen LogP contribution < -0.4 is 0 Å². The molecule has 6 nitrogen and oxygen atoms in total. The van der Waals surface area contributed by atoms with E-state index in [1.807, 2.05) is 47.5 Å². The van der Waals surface area contributed by atoms with Gasteiger partial charge in [0.25, 0.3) is 0 Å². The summed E-state index contributed by atoms with van der Waals surface area (Å²) in [5, 5.41) is 13.7. The number of aromatic nitrogens is 2. The Bertz CT molecular complexity index is 615. The molecule has 23 heavy (non-hydrogen) atoms. The van der Waals surface area contributed by atoms with E-state index < -0.39 is 0 Å². The van der Waals surface area contributed by atoms with Crippen LogP contribution in [0.2, 0.25) is 0 Å². The number of aryl methyl sites for hydroxylation is 1. The van der Waals surface area contributed by atoms with E-state index in [1.165, 1.54) is 0 Å². The molecular weight excluding hydrogens is 294 g/mol. The summed E-state index contributed by atoms with van der Waals surface area (Å²) in [5.41, 5.74) is 0.985. The minimum absolute atomic E-state index is 0.0519. The predicted molar refractivity (Wildman–Crippen MR) is 84.6 cm³/mol. The number of benzene rings is 1. The first kappa shape index (κ1) is 15.7. The van der Waals surface area contributed by atoms with Crippen LogP contribution in [0.5, 0.6) is 0 Å². The summed E-state index contributed by atoms with van der Waals surface area (Å²) in [6, 6.07) is 11.3. The topological polar surface area (TPSA) is 67.6 Å². The second kappa shape index (κ2) is 7.39. The minimum Gasteiger partial charge on any atom is -0.394 e. The number of amides is 1. The van der Waals surface area contributed by atoms with Gasteiger partial charge in [-0.25, -0.2) is 0 Å². The first-order valence-electron chi connectivity index (χ1n) is 7.84. The van der Waals surface area contributed by atoms with Gasteiger partial charge in [-0.3, -0.25) is 9.48 Å². The lowest BCUT2D eigenvalue weighted by Gasteiger charge is -2.41. The zero-order valence-corrected chi connectivity index (χ0v) is 12.9. The van der Waals surface area contributed by atoms with Crippen LogP contribution in [0.1, 0.15) is 18.0 Å². The highest BCUT2D eigenvalue weighted by molar-refractivity contribution is 5.77. The lowest BCUT2D eigenvalue weighted by molar-refractivity contribution is -0.150. The molecule has 0 spiro atoms. The van der Waals surface area contributed by atoms with Gasteiger partial charge in [-0.15, -0.1) is 0 Å². The van der Waals surface area contributed by atoms with Gasteiger partial charge in [-0.1, -0.05) is 30.3 Å². The molecule has 6 heteroatoms. The Labute approximate surface area is 135 Å². The molecule has 1 aromatic heterocycles. The monoisotopic (exact) mass is 315 g/mol. The van der Waals surface area contributed by atoms with Crippen LogP contribution in [0.4, 0.5) is 0 Å².